The average Bonchev–Trinajstić information content (AvgIpc) is 2.81. The number of amides is 1. The van der Waals surface area contributed by atoms with E-state index in [4.69, 9.17) is 4.74 Å². The number of H-pyrrole nitrogens is 1. The van der Waals surface area contributed by atoms with Gasteiger partial charge in [-0.25, -0.2) is 0 Å². The van der Waals surface area contributed by atoms with Gasteiger partial charge in [0.05, 0.1) is 13.0 Å². The highest BCUT2D eigenvalue weighted by Crippen LogP contribution is 2.28. The molecule has 25 heavy (non-hydrogen) atoms. The number of benzene rings is 1. The molecule has 2 bridgehead atoms. The molecule has 3 aliphatic heterocycles. The van der Waals surface area contributed by atoms with Crippen molar-refractivity contribution in [1.82, 2.24) is 14.8 Å². The Hall–Kier alpha value is -1.85. The Labute approximate surface area is 148 Å². The number of aromatic nitrogens is 1. The van der Waals surface area contributed by atoms with Crippen LogP contribution in [0.15, 0.2) is 30.5 Å². The van der Waals surface area contributed by atoms with Gasteiger partial charge in [0.25, 0.3) is 0 Å². The van der Waals surface area contributed by atoms with Crippen LogP contribution in [0.25, 0.3) is 10.9 Å². The maximum Gasteiger partial charge on any atom is 0.227 e. The summed E-state index contributed by atoms with van der Waals surface area (Å²) in [6, 6.07) is 8.69. The first-order valence-electron chi connectivity index (χ1n) is 9.30. The summed E-state index contributed by atoms with van der Waals surface area (Å²) in [5, 5.41) is 1.16. The Morgan fingerprint density at radius 3 is 3.00 bits per heavy atom. The molecule has 1 aromatic carbocycles. The van der Waals surface area contributed by atoms with E-state index in [1.807, 2.05) is 18.3 Å². The molecule has 0 spiro atoms. The Morgan fingerprint density at radius 2 is 2.12 bits per heavy atom. The fourth-order valence-corrected chi connectivity index (χ4v) is 4.42. The predicted molar refractivity (Wildman–Crippen MR) is 98.5 cm³/mol. The zero-order valence-electron chi connectivity index (χ0n) is 14.9. The molecule has 4 heterocycles. The van der Waals surface area contributed by atoms with Gasteiger partial charge in [-0.15, -0.1) is 0 Å². The van der Waals surface area contributed by atoms with Gasteiger partial charge in [-0.2, -0.15) is 0 Å². The van der Waals surface area contributed by atoms with Crippen molar-refractivity contribution in [3.63, 3.8) is 0 Å². The summed E-state index contributed by atoms with van der Waals surface area (Å²) in [5.74, 6) is 0.859. The number of ether oxygens (including phenoxy) is 1. The highest BCUT2D eigenvalue weighted by molar-refractivity contribution is 5.88. The van der Waals surface area contributed by atoms with Crippen LogP contribution in [-0.2, 0) is 16.0 Å². The zero-order valence-corrected chi connectivity index (χ0v) is 14.9. The monoisotopic (exact) mass is 341 g/mol. The lowest BCUT2D eigenvalue weighted by Gasteiger charge is -2.35. The van der Waals surface area contributed by atoms with Crippen molar-refractivity contribution in [2.75, 3.05) is 39.9 Å². The summed E-state index contributed by atoms with van der Waals surface area (Å²) >= 11 is 0. The summed E-state index contributed by atoms with van der Waals surface area (Å²) in [6.07, 6.45) is 4.91. The molecule has 0 unspecified atom stereocenters. The molecular formula is C20H27N3O2. The van der Waals surface area contributed by atoms with Gasteiger partial charge in [0.15, 0.2) is 0 Å². The number of hydrogen-bond acceptors (Lipinski definition) is 3. The maximum absolute atomic E-state index is 13.0. The van der Waals surface area contributed by atoms with Gasteiger partial charge in [-0.1, -0.05) is 18.2 Å². The molecule has 134 valence electrons. The normalized spacial score (nSPS) is 24.0. The summed E-state index contributed by atoms with van der Waals surface area (Å²) in [4.78, 5) is 20.9. The van der Waals surface area contributed by atoms with Crippen LogP contribution in [0.4, 0.5) is 0 Å². The van der Waals surface area contributed by atoms with Crippen LogP contribution in [-0.4, -0.2) is 66.6 Å². The van der Waals surface area contributed by atoms with Gasteiger partial charge >= 0.3 is 0 Å². The van der Waals surface area contributed by atoms with Gasteiger partial charge in [-0.3, -0.25) is 9.69 Å². The lowest BCUT2D eigenvalue weighted by Crippen LogP contribution is -2.45. The molecule has 0 saturated carbocycles. The van der Waals surface area contributed by atoms with Crippen molar-refractivity contribution in [3.05, 3.63) is 36.0 Å². The van der Waals surface area contributed by atoms with Crippen molar-refractivity contribution >= 4 is 16.8 Å². The fourth-order valence-electron chi connectivity index (χ4n) is 4.42. The van der Waals surface area contributed by atoms with Gasteiger partial charge in [0.1, 0.15) is 0 Å². The van der Waals surface area contributed by atoms with E-state index in [-0.39, 0.29) is 5.91 Å². The van der Waals surface area contributed by atoms with Crippen LogP contribution in [0.3, 0.4) is 0 Å². The van der Waals surface area contributed by atoms with Crippen molar-refractivity contribution < 1.29 is 9.53 Å². The molecule has 2 atom stereocenters. The van der Waals surface area contributed by atoms with E-state index < -0.39 is 0 Å². The first-order chi connectivity index (χ1) is 12.2. The smallest absolute Gasteiger partial charge is 0.227 e. The summed E-state index contributed by atoms with van der Waals surface area (Å²) in [5.41, 5.74) is 2.21. The zero-order chi connectivity index (χ0) is 17.2. The minimum atomic E-state index is 0.259. The number of methoxy groups -OCH3 is 1. The Kier molecular flexibility index (Phi) is 4.77. The van der Waals surface area contributed by atoms with Crippen molar-refractivity contribution in [3.8, 4) is 0 Å². The number of nitrogens with zero attached hydrogens (tertiary/aromatic N) is 2. The van der Waals surface area contributed by atoms with E-state index in [2.05, 4.69) is 26.9 Å². The molecule has 0 radical (unpaired) electrons. The molecule has 2 aromatic rings. The molecule has 5 nitrogen and oxygen atoms in total. The Morgan fingerprint density at radius 1 is 1.24 bits per heavy atom. The Bertz CT molecular complexity index is 741. The number of carbonyl (C=O) groups excluding carboxylic acids is 1. The van der Waals surface area contributed by atoms with Crippen molar-refractivity contribution in [1.29, 1.82) is 0 Å². The standard InChI is InChI=1S/C20H27N3O2/c1-25-9-8-22-12-15-6-7-17(22)14-23(13-15)20(24)10-16-11-21-19-5-3-2-4-18(16)19/h2-5,11,15,17,21H,6-10,12-14H2,1H3/t15-,17-/m1/s1. The summed E-state index contributed by atoms with van der Waals surface area (Å²) in [6.45, 7) is 4.61. The van der Waals surface area contributed by atoms with E-state index in [1.54, 1.807) is 7.11 Å². The van der Waals surface area contributed by atoms with Crippen LogP contribution in [0, 0.1) is 5.92 Å². The number of para-hydroxylation sites is 1. The minimum absolute atomic E-state index is 0.259. The SMILES string of the molecule is COCCN1C[C@H]2CC[C@@H]1CN(C(=O)Cc1c[nH]c3ccccc13)C2. The third-order valence-electron chi connectivity index (χ3n) is 5.78. The first-order valence-corrected chi connectivity index (χ1v) is 9.30. The highest BCUT2D eigenvalue weighted by atomic mass is 16.5. The lowest BCUT2D eigenvalue weighted by atomic mass is 9.95. The molecule has 1 N–H and O–H groups in total. The van der Waals surface area contributed by atoms with Gasteiger partial charge < -0.3 is 14.6 Å². The van der Waals surface area contributed by atoms with E-state index in [1.165, 1.54) is 12.8 Å². The topological polar surface area (TPSA) is 48.6 Å². The molecule has 0 aliphatic carbocycles. The van der Waals surface area contributed by atoms with Crippen molar-refractivity contribution in [2.24, 2.45) is 5.92 Å². The molecule has 3 saturated heterocycles. The second-order valence-corrected chi connectivity index (χ2v) is 7.42. The number of hydrogen-bond donors (Lipinski definition) is 1. The average molecular weight is 341 g/mol. The van der Waals surface area contributed by atoms with Gasteiger partial charge in [-0.05, 0) is 30.4 Å². The molecule has 3 aliphatic rings. The van der Waals surface area contributed by atoms with Crippen molar-refractivity contribution in [2.45, 2.75) is 25.3 Å². The van der Waals surface area contributed by atoms with Crippen LogP contribution >= 0.6 is 0 Å². The van der Waals surface area contributed by atoms with Gasteiger partial charge in [0.2, 0.25) is 5.91 Å². The number of carbonyl (C=O) groups is 1. The summed E-state index contributed by atoms with van der Waals surface area (Å²) < 4.78 is 5.25. The third kappa shape index (κ3) is 3.44. The quantitative estimate of drug-likeness (QED) is 0.908. The van der Waals surface area contributed by atoms with Gasteiger partial charge in [0, 0.05) is 56.4 Å². The van der Waals surface area contributed by atoms with Crippen LogP contribution in [0.2, 0.25) is 0 Å². The molecular weight excluding hydrogens is 314 g/mol. The minimum Gasteiger partial charge on any atom is -0.383 e. The number of aromatic amines is 1. The summed E-state index contributed by atoms with van der Waals surface area (Å²) in [7, 11) is 1.76. The number of fused-ring (bicyclic) bond motifs is 5. The Balaban J connectivity index is 1.46. The fraction of sp³-hybridized carbons (Fsp3) is 0.550. The lowest BCUT2D eigenvalue weighted by molar-refractivity contribution is -0.130. The van der Waals surface area contributed by atoms with E-state index in [0.29, 0.717) is 18.4 Å². The number of piperidine rings is 1. The van der Waals surface area contributed by atoms with Crippen LogP contribution in [0.5, 0.6) is 0 Å². The molecule has 5 rings (SSSR count). The predicted octanol–water partition coefficient (Wildman–Crippen LogP) is 2.28. The molecule has 5 heteroatoms. The number of rotatable bonds is 5. The number of nitrogens with one attached hydrogen (secondary N) is 1. The highest BCUT2D eigenvalue weighted by Gasteiger charge is 2.36. The largest absolute Gasteiger partial charge is 0.383 e. The molecule has 1 aromatic heterocycles. The second-order valence-electron chi connectivity index (χ2n) is 7.42. The van der Waals surface area contributed by atoms with E-state index in [9.17, 15) is 4.79 Å². The maximum atomic E-state index is 13.0. The second kappa shape index (κ2) is 7.18. The van der Waals surface area contributed by atoms with Crippen LogP contribution in [0.1, 0.15) is 18.4 Å². The molecule has 1 amide bonds. The van der Waals surface area contributed by atoms with E-state index >= 15 is 0 Å². The molecule has 3 fully saturated rings. The van der Waals surface area contributed by atoms with Crippen LogP contribution < -0.4 is 0 Å². The first kappa shape index (κ1) is 16.6. The van der Waals surface area contributed by atoms with E-state index in [0.717, 1.165) is 49.3 Å². The third-order valence-corrected chi connectivity index (χ3v) is 5.78.